The van der Waals surface area contributed by atoms with Crippen molar-refractivity contribution >= 4 is 0 Å². The molecule has 108 valence electrons. The zero-order chi connectivity index (χ0) is 16.6. The Morgan fingerprint density at radius 3 is 1.64 bits per heavy atom. The summed E-state index contributed by atoms with van der Waals surface area (Å²) in [6, 6.07) is 17.5. The highest BCUT2D eigenvalue weighted by Crippen LogP contribution is 2.80. The van der Waals surface area contributed by atoms with Crippen LogP contribution >= 0.6 is 0 Å². The van der Waals surface area contributed by atoms with E-state index in [4.69, 9.17) is 0 Å². The summed E-state index contributed by atoms with van der Waals surface area (Å²) in [5, 5.41) is 37.9. The van der Waals surface area contributed by atoms with Crippen molar-refractivity contribution < 1.29 is 0 Å². The second kappa shape index (κ2) is 4.59. The summed E-state index contributed by atoms with van der Waals surface area (Å²) in [4.78, 5) is 0. The molecule has 0 N–H and O–H groups in total. The number of rotatable bonds is 3. The molecule has 0 heterocycles. The molecule has 1 aromatic rings. The number of nitrogens with zero attached hydrogens (tertiary/aromatic N) is 4. The molecule has 2 rings (SSSR count). The summed E-state index contributed by atoms with van der Waals surface area (Å²) in [6.07, 6.45) is 0.409. The van der Waals surface area contributed by atoms with Gasteiger partial charge in [0.05, 0.1) is 24.3 Å². The Morgan fingerprint density at radius 2 is 1.27 bits per heavy atom. The van der Waals surface area contributed by atoms with Crippen molar-refractivity contribution in [2.24, 2.45) is 16.2 Å². The summed E-state index contributed by atoms with van der Waals surface area (Å²) in [6.45, 7) is 5.71. The predicted octanol–water partition coefficient (Wildman–Crippen LogP) is 3.44. The number of hydrogen-bond acceptors (Lipinski definition) is 4. The van der Waals surface area contributed by atoms with Gasteiger partial charge in [-0.3, -0.25) is 0 Å². The SMILES string of the molecule is CC(C)(CC1(C)C(C#N)(C#N)C1(C#N)C#N)c1ccccc1. The zero-order valence-electron chi connectivity index (χ0n) is 12.9. The third-order valence-corrected chi connectivity index (χ3v) is 5.18. The molecule has 4 heteroatoms. The normalized spacial score (nSPS) is 19.8. The fraction of sp³-hybridized carbons (Fsp3) is 0.444. The topological polar surface area (TPSA) is 95.2 Å². The molecule has 1 aliphatic carbocycles. The van der Waals surface area contributed by atoms with E-state index in [1.54, 1.807) is 6.92 Å². The quantitative estimate of drug-likeness (QED) is 0.851. The fourth-order valence-corrected chi connectivity index (χ4v) is 3.80. The van der Waals surface area contributed by atoms with Crippen molar-refractivity contribution in [2.45, 2.75) is 32.6 Å². The Labute approximate surface area is 130 Å². The van der Waals surface area contributed by atoms with Gasteiger partial charge in [0, 0.05) is 5.41 Å². The molecule has 1 fully saturated rings. The fourth-order valence-electron chi connectivity index (χ4n) is 3.80. The van der Waals surface area contributed by atoms with Gasteiger partial charge in [0.25, 0.3) is 0 Å². The third-order valence-electron chi connectivity index (χ3n) is 5.18. The van der Waals surface area contributed by atoms with E-state index in [0.717, 1.165) is 5.56 Å². The van der Waals surface area contributed by atoms with Gasteiger partial charge in [0.1, 0.15) is 0 Å². The second-order valence-electron chi connectivity index (χ2n) is 6.71. The van der Waals surface area contributed by atoms with Gasteiger partial charge in [0.15, 0.2) is 10.8 Å². The van der Waals surface area contributed by atoms with Crippen LogP contribution in [0, 0.1) is 61.6 Å². The van der Waals surface area contributed by atoms with Gasteiger partial charge in [-0.1, -0.05) is 51.1 Å². The summed E-state index contributed by atoms with van der Waals surface area (Å²) >= 11 is 0. The van der Waals surface area contributed by atoms with Crippen LogP contribution in [0.15, 0.2) is 30.3 Å². The monoisotopic (exact) mass is 288 g/mol. The second-order valence-corrected chi connectivity index (χ2v) is 6.71. The lowest BCUT2D eigenvalue weighted by Gasteiger charge is -2.29. The summed E-state index contributed by atoms with van der Waals surface area (Å²) in [5.41, 5.74) is -3.43. The first kappa shape index (κ1) is 15.6. The van der Waals surface area contributed by atoms with Crippen LogP contribution in [-0.4, -0.2) is 0 Å². The van der Waals surface area contributed by atoms with E-state index < -0.39 is 16.2 Å². The maximum absolute atomic E-state index is 9.48. The standard InChI is InChI=1S/C18H16N4/c1-15(2,14-7-5-4-6-8-14)9-16(3)17(10-19,11-20)18(16,12-21)13-22/h4-8H,9H2,1-3H3. The molecule has 0 unspecified atom stereocenters. The van der Waals surface area contributed by atoms with Crippen LogP contribution in [0.1, 0.15) is 32.8 Å². The van der Waals surface area contributed by atoms with Crippen LogP contribution in [0.2, 0.25) is 0 Å². The van der Waals surface area contributed by atoms with Crippen LogP contribution in [0.3, 0.4) is 0 Å². The van der Waals surface area contributed by atoms with Gasteiger partial charge < -0.3 is 0 Å². The van der Waals surface area contributed by atoms with E-state index in [2.05, 4.69) is 0 Å². The average molecular weight is 288 g/mol. The first-order chi connectivity index (χ1) is 10.3. The third kappa shape index (κ3) is 1.53. The average Bonchev–Trinajstić information content (AvgIpc) is 2.98. The summed E-state index contributed by atoms with van der Waals surface area (Å²) in [5.74, 6) is 0. The Balaban J connectivity index is 2.51. The molecular weight excluding hydrogens is 272 g/mol. The van der Waals surface area contributed by atoms with Crippen LogP contribution in [-0.2, 0) is 5.41 Å². The van der Waals surface area contributed by atoms with Crippen molar-refractivity contribution in [3.8, 4) is 24.3 Å². The van der Waals surface area contributed by atoms with E-state index >= 15 is 0 Å². The Hall–Kier alpha value is -2.82. The minimum absolute atomic E-state index is 0.357. The zero-order valence-corrected chi connectivity index (χ0v) is 12.9. The minimum atomic E-state index is -1.57. The number of hydrogen-bond donors (Lipinski definition) is 0. The van der Waals surface area contributed by atoms with Gasteiger partial charge in [-0.05, 0) is 17.4 Å². The molecule has 0 bridgehead atoms. The molecule has 0 saturated heterocycles. The molecule has 22 heavy (non-hydrogen) atoms. The molecule has 1 saturated carbocycles. The maximum atomic E-state index is 9.48. The highest BCUT2D eigenvalue weighted by Gasteiger charge is 2.89. The lowest BCUT2D eigenvalue weighted by molar-refractivity contribution is 0.319. The van der Waals surface area contributed by atoms with Gasteiger partial charge in [-0.25, -0.2) is 0 Å². The Bertz CT molecular complexity index is 697. The van der Waals surface area contributed by atoms with Gasteiger partial charge in [0.2, 0.25) is 0 Å². The van der Waals surface area contributed by atoms with Crippen LogP contribution in [0.5, 0.6) is 0 Å². The highest BCUT2D eigenvalue weighted by atomic mass is 14.8. The van der Waals surface area contributed by atoms with Gasteiger partial charge in [-0.2, -0.15) is 21.0 Å². The Kier molecular flexibility index (Phi) is 3.25. The molecule has 0 aliphatic heterocycles. The maximum Gasteiger partial charge on any atom is 0.183 e. The van der Waals surface area contributed by atoms with Gasteiger partial charge in [-0.15, -0.1) is 0 Å². The lowest BCUT2D eigenvalue weighted by atomic mass is 9.73. The van der Waals surface area contributed by atoms with E-state index in [9.17, 15) is 21.0 Å². The largest absolute Gasteiger partial charge is 0.196 e. The smallest absolute Gasteiger partial charge is 0.183 e. The molecule has 0 aromatic heterocycles. The molecule has 0 spiro atoms. The van der Waals surface area contributed by atoms with E-state index in [-0.39, 0.29) is 5.41 Å². The molecule has 1 aromatic carbocycles. The molecule has 1 aliphatic rings. The Morgan fingerprint density at radius 1 is 0.864 bits per heavy atom. The van der Waals surface area contributed by atoms with E-state index in [0.29, 0.717) is 6.42 Å². The first-order valence-electron chi connectivity index (χ1n) is 7.01. The van der Waals surface area contributed by atoms with Crippen molar-refractivity contribution in [3.63, 3.8) is 0 Å². The van der Waals surface area contributed by atoms with E-state index in [1.807, 2.05) is 68.5 Å². The van der Waals surface area contributed by atoms with Crippen LogP contribution < -0.4 is 0 Å². The van der Waals surface area contributed by atoms with Crippen molar-refractivity contribution in [3.05, 3.63) is 35.9 Å². The molecule has 4 nitrogen and oxygen atoms in total. The minimum Gasteiger partial charge on any atom is -0.196 e. The summed E-state index contributed by atoms with van der Waals surface area (Å²) < 4.78 is 0. The molecule has 0 atom stereocenters. The number of benzene rings is 1. The highest BCUT2D eigenvalue weighted by molar-refractivity contribution is 5.56. The summed E-state index contributed by atoms with van der Waals surface area (Å²) in [7, 11) is 0. The van der Waals surface area contributed by atoms with Crippen LogP contribution in [0.4, 0.5) is 0 Å². The first-order valence-corrected chi connectivity index (χ1v) is 7.01. The van der Waals surface area contributed by atoms with Crippen molar-refractivity contribution in [2.75, 3.05) is 0 Å². The van der Waals surface area contributed by atoms with Crippen molar-refractivity contribution in [1.82, 2.24) is 0 Å². The lowest BCUT2D eigenvalue weighted by Crippen LogP contribution is -2.25. The molecule has 0 amide bonds. The van der Waals surface area contributed by atoms with Gasteiger partial charge >= 0.3 is 0 Å². The molecular formula is C18H16N4. The van der Waals surface area contributed by atoms with Crippen LogP contribution in [0.25, 0.3) is 0 Å². The number of nitriles is 4. The van der Waals surface area contributed by atoms with Crippen molar-refractivity contribution in [1.29, 1.82) is 21.0 Å². The predicted molar refractivity (Wildman–Crippen MR) is 79.5 cm³/mol. The van der Waals surface area contributed by atoms with E-state index in [1.165, 1.54) is 0 Å². The molecule has 0 radical (unpaired) electrons.